The Morgan fingerprint density at radius 1 is 0.800 bits per heavy atom. The Hall–Kier alpha value is 0.242. The summed E-state index contributed by atoms with van der Waals surface area (Å²) >= 11 is 0. The number of hydrogen-bond acceptors (Lipinski definition) is 2. The lowest BCUT2D eigenvalue weighted by Crippen LogP contribution is -1.89. The van der Waals surface area contributed by atoms with E-state index in [1.54, 1.807) is 0 Å². The van der Waals surface area contributed by atoms with E-state index in [1.807, 2.05) is 0 Å². The second kappa shape index (κ2) is 16.1. The summed E-state index contributed by atoms with van der Waals surface area (Å²) in [6.45, 7) is 0. The average molecular weight is 200 g/mol. The molecule has 0 fully saturated rings. The third kappa shape index (κ3) is 7350. The van der Waals surface area contributed by atoms with Gasteiger partial charge in [-0.3, -0.25) is 9.11 Å². The molecular formula is H13AlO8S. The second-order valence-corrected chi connectivity index (χ2v) is 1.34. The van der Waals surface area contributed by atoms with Crippen LogP contribution < -0.4 is 0 Å². The third-order valence-electron chi connectivity index (χ3n) is 0. The third-order valence-corrected chi connectivity index (χ3v) is 0. The van der Waals surface area contributed by atoms with Crippen LogP contribution in [0.1, 0.15) is 0 Å². The Balaban J connectivity index is -0.00000000800. The molecule has 10 heavy (non-hydrogen) atoms. The molecule has 0 aromatic carbocycles. The minimum Gasteiger partial charge on any atom is -0.412 e. The summed E-state index contributed by atoms with van der Waals surface area (Å²) in [5.74, 6) is 0. The van der Waals surface area contributed by atoms with E-state index in [1.165, 1.54) is 0 Å². The molecule has 70 valence electrons. The lowest BCUT2D eigenvalue weighted by Gasteiger charge is -1.68. The lowest BCUT2D eigenvalue weighted by atomic mass is 15.8. The highest BCUT2D eigenvalue weighted by molar-refractivity contribution is 7.79. The second-order valence-electron chi connectivity index (χ2n) is 0.448. The molecule has 0 rings (SSSR count). The van der Waals surface area contributed by atoms with Crippen molar-refractivity contribution >= 4 is 27.8 Å². The van der Waals surface area contributed by atoms with Crippen molar-refractivity contribution in [3.63, 3.8) is 0 Å². The van der Waals surface area contributed by atoms with Crippen molar-refractivity contribution in [3.05, 3.63) is 0 Å². The zero-order chi connectivity index (χ0) is 4.50. The lowest BCUT2D eigenvalue weighted by molar-refractivity contribution is 0.381. The molecule has 0 unspecified atom stereocenters. The van der Waals surface area contributed by atoms with Crippen molar-refractivity contribution in [2.24, 2.45) is 0 Å². The minimum absolute atomic E-state index is 0. The van der Waals surface area contributed by atoms with Crippen molar-refractivity contribution < 1.29 is 39.4 Å². The Morgan fingerprint density at radius 2 is 0.800 bits per heavy atom. The first kappa shape index (κ1) is 48.6. The molecule has 8 nitrogen and oxygen atoms in total. The standard InChI is InChI=1S/Al.H2O4S.4H2O.3H/c;1-5(2,3)4;;;;;;;/h;(H2,1,2,3,4);4*1H2;;;. The van der Waals surface area contributed by atoms with Gasteiger partial charge >= 0.3 is 10.4 Å². The molecule has 0 radical (unpaired) electrons. The van der Waals surface area contributed by atoms with Crippen LogP contribution in [-0.4, -0.2) is 56.8 Å². The Morgan fingerprint density at radius 3 is 0.800 bits per heavy atom. The van der Waals surface area contributed by atoms with E-state index < -0.39 is 10.4 Å². The van der Waals surface area contributed by atoms with Crippen LogP contribution in [0.3, 0.4) is 0 Å². The van der Waals surface area contributed by atoms with E-state index in [0.29, 0.717) is 0 Å². The molecule has 0 aliphatic rings. The van der Waals surface area contributed by atoms with E-state index in [2.05, 4.69) is 0 Å². The molecule has 0 aromatic rings. The Kier molecular flexibility index (Phi) is 78.3. The maximum atomic E-state index is 8.74. The van der Waals surface area contributed by atoms with Crippen LogP contribution in [0, 0.1) is 0 Å². The molecule has 0 saturated carbocycles. The molecule has 0 bridgehead atoms. The minimum atomic E-state index is -4.67. The molecule has 10 heteroatoms. The predicted molar refractivity (Wildman–Crippen MR) is 38.6 cm³/mol. The van der Waals surface area contributed by atoms with E-state index in [0.717, 1.165) is 0 Å². The predicted octanol–water partition coefficient (Wildman–Crippen LogP) is -5.14. The zero-order valence-electron chi connectivity index (χ0n) is 4.12. The van der Waals surface area contributed by atoms with Crippen LogP contribution in [0.15, 0.2) is 0 Å². The van der Waals surface area contributed by atoms with E-state index in [4.69, 9.17) is 17.5 Å². The first-order chi connectivity index (χ1) is 2.00. The van der Waals surface area contributed by atoms with Gasteiger partial charge in [0.25, 0.3) is 0 Å². The summed E-state index contributed by atoms with van der Waals surface area (Å²) in [6.07, 6.45) is 0. The molecule has 0 spiro atoms. The molecule has 0 aliphatic carbocycles. The van der Waals surface area contributed by atoms with Gasteiger partial charge in [-0.2, -0.15) is 8.42 Å². The van der Waals surface area contributed by atoms with Crippen LogP contribution >= 0.6 is 0 Å². The normalized spacial score (nSPS) is 5.80. The highest BCUT2D eigenvalue weighted by Crippen LogP contribution is 1.59. The van der Waals surface area contributed by atoms with Gasteiger partial charge in [-0.1, -0.05) is 0 Å². The van der Waals surface area contributed by atoms with Crippen molar-refractivity contribution in [2.45, 2.75) is 0 Å². The van der Waals surface area contributed by atoms with Crippen molar-refractivity contribution in [2.75, 3.05) is 0 Å². The highest BCUT2D eigenvalue weighted by atomic mass is 32.3. The molecule has 0 amide bonds. The van der Waals surface area contributed by atoms with Gasteiger partial charge in [0.15, 0.2) is 17.4 Å². The molecule has 0 aromatic heterocycles. The van der Waals surface area contributed by atoms with Crippen LogP contribution in [0.5, 0.6) is 0 Å². The summed E-state index contributed by atoms with van der Waals surface area (Å²) in [5.41, 5.74) is 0. The van der Waals surface area contributed by atoms with E-state index in [9.17, 15) is 0 Å². The van der Waals surface area contributed by atoms with Gasteiger partial charge in [0.1, 0.15) is 0 Å². The van der Waals surface area contributed by atoms with Gasteiger partial charge in [0.05, 0.1) is 0 Å². The smallest absolute Gasteiger partial charge is 0.394 e. The monoisotopic (exact) mass is 200 g/mol. The maximum absolute atomic E-state index is 8.74. The van der Waals surface area contributed by atoms with Crippen molar-refractivity contribution in [1.29, 1.82) is 0 Å². The summed E-state index contributed by atoms with van der Waals surface area (Å²) in [4.78, 5) is 0. The molecule has 0 saturated heterocycles. The fourth-order valence-electron chi connectivity index (χ4n) is 0. The first-order valence-corrected chi connectivity index (χ1v) is 2.10. The zero-order valence-corrected chi connectivity index (χ0v) is 4.94. The Bertz CT molecular complexity index is 92.4. The summed E-state index contributed by atoms with van der Waals surface area (Å²) in [5, 5.41) is 0. The van der Waals surface area contributed by atoms with E-state index in [-0.39, 0.29) is 39.3 Å². The summed E-state index contributed by atoms with van der Waals surface area (Å²) in [7, 11) is -4.67. The SMILES string of the molecule is O.O.O.O.O=S(=O)(O)O.[AlH3]. The fraction of sp³-hybridized carbons (Fsp3) is 0. The molecule has 0 atom stereocenters. The summed E-state index contributed by atoms with van der Waals surface area (Å²) in [6, 6.07) is 0. The average Bonchev–Trinajstić information content (AvgIpc) is 0.722. The van der Waals surface area contributed by atoms with Crippen LogP contribution in [0.25, 0.3) is 0 Å². The van der Waals surface area contributed by atoms with Gasteiger partial charge in [-0.15, -0.1) is 0 Å². The largest absolute Gasteiger partial charge is 0.412 e. The van der Waals surface area contributed by atoms with Crippen LogP contribution in [0.2, 0.25) is 0 Å². The van der Waals surface area contributed by atoms with Crippen molar-refractivity contribution in [1.82, 2.24) is 0 Å². The van der Waals surface area contributed by atoms with Crippen LogP contribution in [-0.2, 0) is 10.4 Å². The fourth-order valence-corrected chi connectivity index (χ4v) is 0. The first-order valence-electron chi connectivity index (χ1n) is 0.698. The van der Waals surface area contributed by atoms with Gasteiger partial charge in [0, 0.05) is 0 Å². The highest BCUT2D eigenvalue weighted by Gasteiger charge is 1.84. The number of hydrogen-bond donors (Lipinski definition) is 2. The molecule has 10 N–H and O–H groups in total. The molecular weight excluding hydrogens is 187 g/mol. The van der Waals surface area contributed by atoms with E-state index >= 15 is 0 Å². The maximum Gasteiger partial charge on any atom is 0.394 e. The van der Waals surface area contributed by atoms with Crippen molar-refractivity contribution in [3.8, 4) is 0 Å². The van der Waals surface area contributed by atoms with Gasteiger partial charge < -0.3 is 21.9 Å². The topological polar surface area (TPSA) is 201 Å². The van der Waals surface area contributed by atoms with Gasteiger partial charge in [0.2, 0.25) is 0 Å². The van der Waals surface area contributed by atoms with Gasteiger partial charge in [-0.05, 0) is 0 Å². The molecule has 0 aliphatic heterocycles. The van der Waals surface area contributed by atoms with Crippen LogP contribution in [0.4, 0.5) is 0 Å². The quantitative estimate of drug-likeness (QED) is 0.290. The Labute approximate surface area is 67.8 Å². The number of rotatable bonds is 0. The molecule has 0 heterocycles. The van der Waals surface area contributed by atoms with Gasteiger partial charge in [-0.25, -0.2) is 0 Å². The summed E-state index contributed by atoms with van der Waals surface area (Å²) < 4.78 is 31.6.